The Bertz CT molecular complexity index is 696. The number of piperidine rings is 1. The number of fused-ring (bicyclic) bond motifs is 2. The minimum atomic E-state index is 0.0729. The third kappa shape index (κ3) is 3.33. The summed E-state index contributed by atoms with van der Waals surface area (Å²) in [5.41, 5.74) is 0.813. The maximum atomic E-state index is 12.3. The second-order valence-corrected chi connectivity index (χ2v) is 7.46. The van der Waals surface area contributed by atoms with E-state index in [1.807, 2.05) is 24.4 Å². The zero-order chi connectivity index (χ0) is 15.8. The van der Waals surface area contributed by atoms with Gasteiger partial charge in [-0.1, -0.05) is 0 Å². The van der Waals surface area contributed by atoms with E-state index < -0.39 is 0 Å². The molecular formula is C17H21N3O2S. The quantitative estimate of drug-likeness (QED) is 0.904. The Morgan fingerprint density at radius 1 is 1.39 bits per heavy atom. The van der Waals surface area contributed by atoms with Gasteiger partial charge in [-0.25, -0.2) is 4.98 Å². The first kappa shape index (κ1) is 14.9. The van der Waals surface area contributed by atoms with Crippen LogP contribution in [0.4, 0.5) is 0 Å². The second-order valence-electron chi connectivity index (χ2n) is 6.60. The van der Waals surface area contributed by atoms with Crippen LogP contribution >= 0.6 is 11.3 Å². The summed E-state index contributed by atoms with van der Waals surface area (Å²) in [5, 5.41) is 9.56. The van der Waals surface area contributed by atoms with Crippen LogP contribution in [0.3, 0.4) is 0 Å². The number of aromatic nitrogens is 1. The maximum absolute atomic E-state index is 12.3. The smallest absolute Gasteiger partial charge is 0.226 e. The normalized spacial score (nSPS) is 26.4. The summed E-state index contributed by atoms with van der Waals surface area (Å²) < 4.78 is 5.58. The number of carbonyl (C=O) groups is 1. The van der Waals surface area contributed by atoms with Gasteiger partial charge in [0.2, 0.25) is 5.91 Å². The van der Waals surface area contributed by atoms with Gasteiger partial charge in [-0.05, 0) is 44.7 Å². The van der Waals surface area contributed by atoms with Crippen LogP contribution in [0.25, 0.3) is 10.8 Å². The lowest BCUT2D eigenvalue weighted by atomic mass is 9.99. The van der Waals surface area contributed by atoms with Gasteiger partial charge in [-0.3, -0.25) is 4.79 Å². The predicted molar refractivity (Wildman–Crippen MR) is 89.4 cm³/mol. The minimum absolute atomic E-state index is 0.0729. The first-order valence-corrected chi connectivity index (χ1v) is 9.10. The van der Waals surface area contributed by atoms with Crippen LogP contribution in [0.1, 0.15) is 37.1 Å². The summed E-state index contributed by atoms with van der Waals surface area (Å²) in [6.45, 7) is 1.91. The number of hydrogen-bond donors (Lipinski definition) is 2. The molecule has 2 saturated heterocycles. The van der Waals surface area contributed by atoms with E-state index in [-0.39, 0.29) is 5.91 Å². The molecule has 4 rings (SSSR count). The summed E-state index contributed by atoms with van der Waals surface area (Å²) in [4.78, 5) is 16.8. The Morgan fingerprint density at radius 2 is 2.17 bits per heavy atom. The standard InChI is InChI=1S/C17H21N3O2S/c1-10-2-5-15(22-10)17-20-14(9-23-17)8-16(21)19-13-6-11-3-4-12(7-13)18-11/h2,5,9,11-13,18H,3-4,6-8H2,1H3,(H,19,21). The number of furan rings is 1. The van der Waals surface area contributed by atoms with Gasteiger partial charge < -0.3 is 15.1 Å². The summed E-state index contributed by atoms with van der Waals surface area (Å²) in [7, 11) is 0. The van der Waals surface area contributed by atoms with E-state index in [2.05, 4.69) is 15.6 Å². The molecule has 1 amide bonds. The highest BCUT2D eigenvalue weighted by atomic mass is 32.1. The Kier molecular flexibility index (Phi) is 3.95. The third-order valence-corrected chi connectivity index (χ3v) is 5.59. The van der Waals surface area contributed by atoms with Crippen LogP contribution in [0.5, 0.6) is 0 Å². The summed E-state index contributed by atoms with van der Waals surface area (Å²) in [5.74, 6) is 1.72. The molecule has 2 bridgehead atoms. The molecule has 0 radical (unpaired) electrons. The molecule has 23 heavy (non-hydrogen) atoms. The number of hydrogen-bond acceptors (Lipinski definition) is 5. The third-order valence-electron chi connectivity index (χ3n) is 4.68. The zero-order valence-electron chi connectivity index (χ0n) is 13.2. The van der Waals surface area contributed by atoms with E-state index in [1.165, 1.54) is 24.2 Å². The summed E-state index contributed by atoms with van der Waals surface area (Å²) in [6.07, 6.45) is 4.94. The summed E-state index contributed by atoms with van der Waals surface area (Å²) >= 11 is 1.52. The van der Waals surface area contributed by atoms with E-state index in [9.17, 15) is 4.79 Å². The van der Waals surface area contributed by atoms with Gasteiger partial charge in [-0.2, -0.15) is 0 Å². The first-order chi connectivity index (χ1) is 11.2. The molecule has 122 valence electrons. The molecule has 2 aromatic rings. The lowest BCUT2D eigenvalue weighted by Crippen LogP contribution is -2.48. The van der Waals surface area contributed by atoms with Crippen LogP contribution < -0.4 is 10.6 Å². The number of amides is 1. The molecule has 2 aliphatic rings. The molecule has 4 heterocycles. The SMILES string of the molecule is Cc1ccc(-c2nc(CC(=O)NC3CC4CCC(C3)N4)cs2)o1. The van der Waals surface area contributed by atoms with Crippen LogP contribution in [-0.4, -0.2) is 29.0 Å². The topological polar surface area (TPSA) is 67.2 Å². The van der Waals surface area contributed by atoms with Gasteiger partial charge in [0.25, 0.3) is 0 Å². The number of carbonyl (C=O) groups excluding carboxylic acids is 1. The summed E-state index contributed by atoms with van der Waals surface area (Å²) in [6, 6.07) is 5.34. The van der Waals surface area contributed by atoms with Crippen molar-refractivity contribution in [3.8, 4) is 10.8 Å². The fraction of sp³-hybridized carbons (Fsp3) is 0.529. The van der Waals surface area contributed by atoms with Crippen molar-refractivity contribution in [1.82, 2.24) is 15.6 Å². The fourth-order valence-electron chi connectivity index (χ4n) is 3.67. The van der Waals surface area contributed by atoms with Crippen molar-refractivity contribution in [3.63, 3.8) is 0 Å². The van der Waals surface area contributed by atoms with Gasteiger partial charge in [-0.15, -0.1) is 11.3 Å². The molecule has 2 aromatic heterocycles. The Labute approximate surface area is 139 Å². The second kappa shape index (κ2) is 6.09. The van der Waals surface area contributed by atoms with Gasteiger partial charge in [0.1, 0.15) is 5.76 Å². The molecule has 5 nitrogen and oxygen atoms in total. The van der Waals surface area contributed by atoms with Crippen molar-refractivity contribution in [2.45, 2.75) is 57.2 Å². The molecule has 2 aliphatic heterocycles. The molecule has 0 aliphatic carbocycles. The van der Waals surface area contributed by atoms with Crippen molar-refractivity contribution in [2.75, 3.05) is 0 Å². The fourth-order valence-corrected chi connectivity index (χ4v) is 4.45. The van der Waals surface area contributed by atoms with E-state index in [4.69, 9.17) is 4.42 Å². The zero-order valence-corrected chi connectivity index (χ0v) is 14.0. The highest BCUT2D eigenvalue weighted by molar-refractivity contribution is 7.13. The average Bonchev–Trinajstić information content (AvgIpc) is 3.20. The highest BCUT2D eigenvalue weighted by Gasteiger charge is 2.33. The molecule has 0 saturated carbocycles. The molecule has 2 N–H and O–H groups in total. The van der Waals surface area contributed by atoms with Crippen molar-refractivity contribution < 1.29 is 9.21 Å². The molecule has 2 fully saturated rings. The number of rotatable bonds is 4. The number of nitrogens with one attached hydrogen (secondary N) is 2. The number of nitrogens with zero attached hydrogens (tertiary/aromatic N) is 1. The number of aryl methyl sites for hydroxylation is 1. The van der Waals surface area contributed by atoms with Crippen LogP contribution in [0.2, 0.25) is 0 Å². The molecule has 6 heteroatoms. The molecular weight excluding hydrogens is 310 g/mol. The largest absolute Gasteiger partial charge is 0.459 e. The number of thiazole rings is 1. The first-order valence-electron chi connectivity index (χ1n) is 8.22. The van der Waals surface area contributed by atoms with Gasteiger partial charge >= 0.3 is 0 Å². The van der Waals surface area contributed by atoms with E-state index >= 15 is 0 Å². The van der Waals surface area contributed by atoms with E-state index in [0.29, 0.717) is 24.5 Å². The highest BCUT2D eigenvalue weighted by Crippen LogP contribution is 2.27. The van der Waals surface area contributed by atoms with Crippen molar-refractivity contribution >= 4 is 17.2 Å². The minimum Gasteiger partial charge on any atom is -0.459 e. The Balaban J connectivity index is 1.35. The predicted octanol–water partition coefficient (Wildman–Crippen LogP) is 2.65. The molecule has 2 unspecified atom stereocenters. The lowest BCUT2D eigenvalue weighted by Gasteiger charge is -2.29. The monoisotopic (exact) mass is 331 g/mol. The molecule has 2 atom stereocenters. The van der Waals surface area contributed by atoms with Crippen LogP contribution in [0, 0.1) is 6.92 Å². The van der Waals surface area contributed by atoms with Gasteiger partial charge in [0, 0.05) is 23.5 Å². The van der Waals surface area contributed by atoms with Crippen LogP contribution in [0.15, 0.2) is 21.9 Å². The van der Waals surface area contributed by atoms with Crippen molar-refractivity contribution in [1.29, 1.82) is 0 Å². The Morgan fingerprint density at radius 3 is 2.87 bits per heavy atom. The van der Waals surface area contributed by atoms with Crippen molar-refractivity contribution in [2.24, 2.45) is 0 Å². The Hall–Kier alpha value is -1.66. The molecule has 0 aromatic carbocycles. The molecule has 0 spiro atoms. The maximum Gasteiger partial charge on any atom is 0.226 e. The van der Waals surface area contributed by atoms with Crippen LogP contribution in [-0.2, 0) is 11.2 Å². The van der Waals surface area contributed by atoms with E-state index in [0.717, 1.165) is 35.1 Å². The average molecular weight is 331 g/mol. The van der Waals surface area contributed by atoms with Gasteiger partial charge in [0.15, 0.2) is 10.8 Å². The lowest BCUT2D eigenvalue weighted by molar-refractivity contribution is -0.121. The van der Waals surface area contributed by atoms with Crippen molar-refractivity contribution in [3.05, 3.63) is 29.0 Å². The van der Waals surface area contributed by atoms with E-state index in [1.54, 1.807) is 0 Å². The van der Waals surface area contributed by atoms with Gasteiger partial charge in [0.05, 0.1) is 12.1 Å².